The van der Waals surface area contributed by atoms with E-state index in [-0.39, 0.29) is 30.6 Å². The van der Waals surface area contributed by atoms with Crippen LogP contribution < -0.4 is 30.6 Å². The highest BCUT2D eigenvalue weighted by molar-refractivity contribution is 5.99. The van der Waals surface area contributed by atoms with E-state index in [1.54, 1.807) is 29.2 Å². The highest BCUT2D eigenvalue weighted by atomic mass is 35.5. The number of anilines is 2. The molecule has 1 aliphatic rings. The lowest BCUT2D eigenvalue weighted by molar-refractivity contribution is -0.119. The molecule has 1 atom stereocenters. The molecule has 0 fully saturated rings. The molecule has 0 saturated carbocycles. The van der Waals surface area contributed by atoms with Crippen molar-refractivity contribution < 1.29 is 24.1 Å². The van der Waals surface area contributed by atoms with Gasteiger partial charge in [0, 0.05) is 23.4 Å². The third kappa shape index (κ3) is 6.54. The molecule has 214 valence electrons. The molecular weight excluding hydrogens is 532 g/mol. The summed E-state index contributed by atoms with van der Waals surface area (Å²) in [5.41, 5.74) is 15.8. The molecule has 0 radical (unpaired) electrons. The van der Waals surface area contributed by atoms with Crippen LogP contribution in [-0.4, -0.2) is 35.8 Å². The molecule has 6 N–H and O–H groups in total. The first kappa shape index (κ1) is 30.4. The van der Waals surface area contributed by atoms with E-state index >= 15 is 0 Å². The molecule has 40 heavy (non-hydrogen) atoms. The van der Waals surface area contributed by atoms with Crippen molar-refractivity contribution in [3.8, 4) is 23.0 Å². The molecule has 3 aromatic carbocycles. The quantitative estimate of drug-likeness (QED) is 0.205. The fourth-order valence-corrected chi connectivity index (χ4v) is 4.82. The molecule has 0 saturated heterocycles. The van der Waals surface area contributed by atoms with E-state index in [4.69, 9.17) is 31.1 Å². The highest BCUT2D eigenvalue weighted by Gasteiger charge is 2.34. The van der Waals surface area contributed by atoms with E-state index in [2.05, 4.69) is 6.92 Å². The van der Waals surface area contributed by atoms with E-state index in [0.29, 0.717) is 41.7 Å². The molecule has 1 amide bonds. The van der Waals surface area contributed by atoms with Crippen LogP contribution in [0.5, 0.6) is 23.0 Å². The highest BCUT2D eigenvalue weighted by Crippen LogP contribution is 2.44. The first-order chi connectivity index (χ1) is 18.5. The van der Waals surface area contributed by atoms with Gasteiger partial charge in [0.25, 0.3) is 5.91 Å². The number of nitrogens with two attached hydrogens (primary N) is 2. The number of fused-ring (bicyclic) bond motifs is 1. The summed E-state index contributed by atoms with van der Waals surface area (Å²) in [5, 5.41) is 18.5. The van der Waals surface area contributed by atoms with Gasteiger partial charge in [0.05, 0.1) is 6.61 Å². The Kier molecular flexibility index (Phi) is 9.42. The van der Waals surface area contributed by atoms with Gasteiger partial charge < -0.3 is 30.8 Å². The minimum Gasteiger partial charge on any atom is -0.507 e. The predicted molar refractivity (Wildman–Crippen MR) is 159 cm³/mol. The average molecular weight is 569 g/mol. The Labute approximate surface area is 240 Å². The monoisotopic (exact) mass is 568 g/mol. The molecule has 0 spiro atoms. The van der Waals surface area contributed by atoms with E-state index in [1.165, 1.54) is 0 Å². The van der Waals surface area contributed by atoms with Crippen LogP contribution in [0.4, 0.5) is 11.4 Å². The van der Waals surface area contributed by atoms with Crippen LogP contribution in [0, 0.1) is 26.2 Å². The number of carbonyl (C=O) groups is 1. The zero-order chi connectivity index (χ0) is 28.3. The molecule has 1 unspecified atom stereocenters. The number of phenolic OH excluding ortho intramolecular Hbond substituents is 1. The molecule has 3 aromatic rings. The summed E-state index contributed by atoms with van der Waals surface area (Å²) in [5.74, 6) is 1.73. The van der Waals surface area contributed by atoms with Crippen molar-refractivity contribution in [1.82, 2.24) is 0 Å². The van der Waals surface area contributed by atoms with Crippen LogP contribution in [0.2, 0.25) is 0 Å². The maximum absolute atomic E-state index is 10.9. The van der Waals surface area contributed by atoms with Gasteiger partial charge >= 0.3 is 0 Å². The average Bonchev–Trinajstić information content (AvgIpc) is 2.91. The maximum Gasteiger partial charge on any atom is 0.255 e. The van der Waals surface area contributed by atoms with Crippen molar-refractivity contribution in [1.29, 1.82) is 5.41 Å². The first-order valence-corrected chi connectivity index (χ1v) is 12.9. The Balaban J connectivity index is 0.00000441. The Morgan fingerprint density at radius 3 is 2.05 bits per heavy atom. The fourth-order valence-electron chi connectivity index (χ4n) is 4.82. The molecule has 1 heterocycles. The van der Waals surface area contributed by atoms with Gasteiger partial charge in [-0.3, -0.25) is 15.1 Å². The van der Waals surface area contributed by atoms with Gasteiger partial charge in [-0.1, -0.05) is 0 Å². The number of amides is 1. The summed E-state index contributed by atoms with van der Waals surface area (Å²) in [6.07, 6.45) is 2.39. The van der Waals surface area contributed by atoms with E-state index in [9.17, 15) is 9.90 Å². The van der Waals surface area contributed by atoms with Crippen molar-refractivity contribution in [3.05, 3.63) is 70.8 Å². The molecule has 0 aromatic heterocycles. The number of aromatic hydroxyl groups is 1. The molecule has 9 nitrogen and oxygen atoms in total. The van der Waals surface area contributed by atoms with Crippen molar-refractivity contribution in [2.45, 2.75) is 52.6 Å². The number of phenols is 1. The van der Waals surface area contributed by atoms with Gasteiger partial charge in [-0.05, 0) is 106 Å². The number of nitrogens with one attached hydrogen (secondary N) is 1. The van der Waals surface area contributed by atoms with Gasteiger partial charge in [0.2, 0.25) is 0 Å². The number of rotatable bonds is 9. The number of benzene rings is 3. The Bertz CT molecular complexity index is 1380. The summed E-state index contributed by atoms with van der Waals surface area (Å²) >= 11 is 0. The van der Waals surface area contributed by atoms with Crippen LogP contribution in [0.3, 0.4) is 0 Å². The number of halogens is 1. The number of ether oxygens (including phenoxy) is 3. The third-order valence-corrected chi connectivity index (χ3v) is 7.30. The molecule has 0 bridgehead atoms. The number of primary amides is 1. The zero-order valence-electron chi connectivity index (χ0n) is 23.2. The second-order valence-corrected chi connectivity index (χ2v) is 10.1. The molecule has 1 aliphatic heterocycles. The Hall–Kier alpha value is -4.11. The van der Waals surface area contributed by atoms with E-state index in [0.717, 1.165) is 40.8 Å². The summed E-state index contributed by atoms with van der Waals surface area (Å²) in [4.78, 5) is 12.5. The number of hydrogen-bond donors (Lipinski definition) is 4. The van der Waals surface area contributed by atoms with Crippen LogP contribution in [0.15, 0.2) is 48.5 Å². The van der Waals surface area contributed by atoms with Crippen LogP contribution in [0.1, 0.15) is 42.0 Å². The van der Waals surface area contributed by atoms with Crippen molar-refractivity contribution in [2.24, 2.45) is 11.5 Å². The second kappa shape index (κ2) is 12.4. The summed E-state index contributed by atoms with van der Waals surface area (Å²) < 4.78 is 17.8. The first-order valence-electron chi connectivity index (χ1n) is 12.9. The molecule has 10 heteroatoms. The standard InChI is InChI=1S/C30H36N4O5.ClH/c1-18-19(2)28-25(20(3)27(18)36)13-14-30(4,39-28)15-16-37-23-9-5-21(6-10-23)34(29(32)33)22-7-11-24(12-8-22)38-17-26(31)35;/h5-12,36H,13-17H2,1-4H3,(H2,31,35)(H3,32,33);1H. The molecule has 0 aliphatic carbocycles. The smallest absolute Gasteiger partial charge is 0.255 e. The van der Waals surface area contributed by atoms with E-state index in [1.807, 2.05) is 45.0 Å². The minimum absolute atomic E-state index is 0. The van der Waals surface area contributed by atoms with E-state index < -0.39 is 5.91 Å². The second-order valence-electron chi connectivity index (χ2n) is 10.1. The number of hydrogen-bond acceptors (Lipinski definition) is 6. The number of carbonyl (C=O) groups excluding carboxylic acids is 1. The van der Waals surface area contributed by atoms with Crippen molar-refractivity contribution in [3.63, 3.8) is 0 Å². The fraction of sp³-hybridized carbons (Fsp3) is 0.333. The molecular formula is C30H37ClN4O5. The Morgan fingerprint density at radius 2 is 1.52 bits per heavy atom. The lowest BCUT2D eigenvalue weighted by atomic mass is 9.86. The van der Waals surface area contributed by atoms with Crippen LogP contribution >= 0.6 is 12.4 Å². The number of guanidine groups is 1. The predicted octanol–water partition coefficient (Wildman–Crippen LogP) is 5.19. The summed E-state index contributed by atoms with van der Waals surface area (Å²) in [6.45, 7) is 8.23. The summed E-state index contributed by atoms with van der Waals surface area (Å²) in [7, 11) is 0. The van der Waals surface area contributed by atoms with Gasteiger partial charge in [0.1, 0.15) is 28.6 Å². The van der Waals surface area contributed by atoms with Gasteiger partial charge in [-0.25, -0.2) is 0 Å². The lowest BCUT2D eigenvalue weighted by Crippen LogP contribution is -2.38. The summed E-state index contributed by atoms with van der Waals surface area (Å²) in [6, 6.07) is 14.2. The molecule has 4 rings (SSSR count). The normalized spacial score (nSPS) is 15.7. The Morgan fingerprint density at radius 1 is 0.975 bits per heavy atom. The largest absolute Gasteiger partial charge is 0.507 e. The maximum atomic E-state index is 10.9. The van der Waals surface area contributed by atoms with Crippen LogP contribution in [-0.2, 0) is 11.2 Å². The van der Waals surface area contributed by atoms with Crippen LogP contribution in [0.25, 0.3) is 0 Å². The number of nitrogens with zero attached hydrogens (tertiary/aromatic N) is 1. The van der Waals surface area contributed by atoms with Crippen molar-refractivity contribution in [2.75, 3.05) is 18.1 Å². The topological polar surface area (TPSA) is 144 Å². The van der Waals surface area contributed by atoms with Gasteiger partial charge in [-0.15, -0.1) is 12.4 Å². The zero-order valence-corrected chi connectivity index (χ0v) is 24.1. The SMILES string of the molecule is Cc1c(C)c2c(c(C)c1O)CCC(C)(CCOc1ccc(N(C(=N)N)c3ccc(OCC(N)=O)cc3)cc1)O2.Cl. The van der Waals surface area contributed by atoms with Gasteiger partial charge in [-0.2, -0.15) is 0 Å². The van der Waals surface area contributed by atoms with Crippen molar-refractivity contribution >= 4 is 35.6 Å². The minimum atomic E-state index is -0.557. The van der Waals surface area contributed by atoms with Gasteiger partial charge in [0.15, 0.2) is 12.6 Å². The third-order valence-electron chi connectivity index (χ3n) is 7.30. The lowest BCUT2D eigenvalue weighted by Gasteiger charge is -2.38.